The quantitative estimate of drug-likeness (QED) is 0.0169. The lowest BCUT2D eigenvalue weighted by molar-refractivity contribution is -0.161. The van der Waals surface area contributed by atoms with Crippen LogP contribution in [0, 0.1) is 0 Å². The number of esters is 4. The van der Waals surface area contributed by atoms with E-state index in [1.54, 1.807) is 0 Å². The summed E-state index contributed by atoms with van der Waals surface area (Å²) in [5.41, 5.74) is 0. The third kappa shape index (κ3) is 74.3. The zero-order chi connectivity index (χ0) is 74.6. The van der Waals surface area contributed by atoms with Gasteiger partial charge in [-0.1, -0.05) is 292 Å². The second-order valence-electron chi connectivity index (χ2n) is 27.0. The molecule has 0 radical (unpaired) electrons. The molecule has 0 aromatic heterocycles. The molecule has 0 aliphatic heterocycles. The van der Waals surface area contributed by atoms with Gasteiger partial charge >= 0.3 is 39.5 Å². The molecule has 0 aliphatic carbocycles. The summed E-state index contributed by atoms with van der Waals surface area (Å²) in [4.78, 5) is 73.0. The van der Waals surface area contributed by atoms with Crippen LogP contribution in [0.15, 0.2) is 97.2 Å². The first-order chi connectivity index (χ1) is 49.7. The van der Waals surface area contributed by atoms with Crippen molar-refractivity contribution in [2.75, 3.05) is 39.6 Å². The molecule has 0 amide bonds. The molecule has 0 rings (SSSR count). The molecular weight excluding hydrogens is 1330 g/mol. The maximum atomic E-state index is 13.1. The predicted molar refractivity (Wildman–Crippen MR) is 418 cm³/mol. The molecule has 0 spiro atoms. The fraction of sp³-hybridized carbons (Fsp3) is 0.759. The van der Waals surface area contributed by atoms with Crippen LogP contribution in [0.25, 0.3) is 0 Å². The largest absolute Gasteiger partial charge is 0.472 e. The zero-order valence-electron chi connectivity index (χ0n) is 64.5. The third-order valence-corrected chi connectivity index (χ3v) is 18.9. The van der Waals surface area contributed by atoms with E-state index in [0.29, 0.717) is 25.7 Å². The van der Waals surface area contributed by atoms with Gasteiger partial charge in [-0.05, 0) is 128 Å². The minimum atomic E-state index is -4.98. The molecule has 0 saturated heterocycles. The number of unbranched alkanes of at least 4 members (excludes halogenated alkanes) is 34. The van der Waals surface area contributed by atoms with E-state index in [1.807, 2.05) is 0 Å². The smallest absolute Gasteiger partial charge is 0.462 e. The van der Waals surface area contributed by atoms with Crippen LogP contribution in [0.2, 0.25) is 0 Å². The van der Waals surface area contributed by atoms with E-state index < -0.39 is 97.5 Å². The van der Waals surface area contributed by atoms with E-state index in [9.17, 15) is 43.2 Å². The van der Waals surface area contributed by atoms with Gasteiger partial charge in [0.1, 0.15) is 19.3 Å². The van der Waals surface area contributed by atoms with Crippen LogP contribution in [-0.2, 0) is 65.4 Å². The van der Waals surface area contributed by atoms with Crippen molar-refractivity contribution in [1.29, 1.82) is 0 Å². The Labute approximate surface area is 620 Å². The Morgan fingerprint density at radius 2 is 0.510 bits per heavy atom. The normalized spacial score (nSPS) is 14.4. The van der Waals surface area contributed by atoms with Crippen molar-refractivity contribution in [3.8, 4) is 0 Å². The molecule has 3 N–H and O–H groups in total. The number of allylic oxidation sites excluding steroid dienone is 16. The van der Waals surface area contributed by atoms with Gasteiger partial charge in [0, 0.05) is 25.7 Å². The van der Waals surface area contributed by atoms with Crippen molar-refractivity contribution in [2.45, 2.75) is 367 Å². The molecule has 0 aliphatic rings. The Balaban J connectivity index is 5.37. The van der Waals surface area contributed by atoms with Crippen molar-refractivity contribution in [1.82, 2.24) is 0 Å². The number of carbonyl (C=O) groups excluding carboxylic acids is 4. The minimum absolute atomic E-state index is 0.0773. The molecular formula is C83H146O17P2. The summed E-state index contributed by atoms with van der Waals surface area (Å²) in [5.74, 6) is -2.21. The molecule has 0 fully saturated rings. The fourth-order valence-corrected chi connectivity index (χ4v) is 12.4. The van der Waals surface area contributed by atoms with Crippen LogP contribution >= 0.6 is 15.6 Å². The first-order valence-electron chi connectivity index (χ1n) is 40.5. The summed E-state index contributed by atoms with van der Waals surface area (Å²) in [6.07, 6.45) is 79.5. The van der Waals surface area contributed by atoms with E-state index in [2.05, 4.69) is 125 Å². The van der Waals surface area contributed by atoms with E-state index in [1.165, 1.54) is 109 Å². The summed E-state index contributed by atoms with van der Waals surface area (Å²) in [6, 6.07) is 0. The van der Waals surface area contributed by atoms with Gasteiger partial charge in [0.15, 0.2) is 12.2 Å². The monoisotopic (exact) mass is 1480 g/mol. The first kappa shape index (κ1) is 98.0. The number of carbonyl (C=O) groups is 4. The van der Waals surface area contributed by atoms with Crippen LogP contribution in [0.4, 0.5) is 0 Å². The van der Waals surface area contributed by atoms with E-state index in [0.717, 1.165) is 161 Å². The highest BCUT2D eigenvalue weighted by Crippen LogP contribution is 2.45. The van der Waals surface area contributed by atoms with Gasteiger partial charge in [0.05, 0.1) is 26.4 Å². The molecule has 590 valence electrons. The van der Waals surface area contributed by atoms with E-state index >= 15 is 0 Å². The van der Waals surface area contributed by atoms with Gasteiger partial charge in [0.25, 0.3) is 0 Å². The number of aliphatic hydroxyl groups excluding tert-OH is 1. The second-order valence-corrected chi connectivity index (χ2v) is 29.9. The topological polar surface area (TPSA) is 237 Å². The lowest BCUT2D eigenvalue weighted by atomic mass is 10.0. The van der Waals surface area contributed by atoms with Crippen LogP contribution in [-0.4, -0.2) is 96.7 Å². The number of aliphatic hydroxyl groups is 1. The summed E-state index contributed by atoms with van der Waals surface area (Å²) in [6.45, 7) is 4.71. The summed E-state index contributed by atoms with van der Waals surface area (Å²) >= 11 is 0. The number of phosphoric acid groups is 2. The number of hydrogen-bond acceptors (Lipinski definition) is 15. The lowest BCUT2D eigenvalue weighted by Crippen LogP contribution is -2.30. The van der Waals surface area contributed by atoms with Crippen molar-refractivity contribution < 1.29 is 80.2 Å². The Bertz CT molecular complexity index is 2310. The molecule has 17 nitrogen and oxygen atoms in total. The molecule has 0 heterocycles. The lowest BCUT2D eigenvalue weighted by Gasteiger charge is -2.21. The molecule has 0 bridgehead atoms. The highest BCUT2D eigenvalue weighted by molar-refractivity contribution is 7.47. The van der Waals surface area contributed by atoms with Crippen LogP contribution < -0.4 is 0 Å². The third-order valence-electron chi connectivity index (χ3n) is 17.0. The molecule has 0 aromatic carbocycles. The van der Waals surface area contributed by atoms with Crippen LogP contribution in [0.5, 0.6) is 0 Å². The molecule has 19 heteroatoms. The van der Waals surface area contributed by atoms with Crippen molar-refractivity contribution >= 4 is 39.5 Å². The highest BCUT2D eigenvalue weighted by Gasteiger charge is 2.30. The Morgan fingerprint density at radius 3 is 0.833 bits per heavy atom. The molecule has 5 unspecified atom stereocenters. The van der Waals surface area contributed by atoms with Crippen molar-refractivity contribution in [2.24, 2.45) is 0 Å². The molecule has 5 atom stereocenters. The van der Waals surface area contributed by atoms with Crippen molar-refractivity contribution in [3.63, 3.8) is 0 Å². The molecule has 0 aromatic rings. The van der Waals surface area contributed by atoms with E-state index in [-0.39, 0.29) is 25.7 Å². The molecule has 102 heavy (non-hydrogen) atoms. The van der Waals surface area contributed by atoms with E-state index in [4.69, 9.17) is 37.0 Å². The van der Waals surface area contributed by atoms with Gasteiger partial charge in [0.2, 0.25) is 0 Å². The summed E-state index contributed by atoms with van der Waals surface area (Å²) in [5, 5.41) is 10.6. The second kappa shape index (κ2) is 75.2. The highest BCUT2D eigenvalue weighted by atomic mass is 31.2. The fourth-order valence-electron chi connectivity index (χ4n) is 10.9. The average Bonchev–Trinajstić information content (AvgIpc) is 0.908. The Kier molecular flexibility index (Phi) is 72.3. The number of phosphoric ester groups is 2. The van der Waals surface area contributed by atoms with Gasteiger partial charge in [-0.15, -0.1) is 0 Å². The average molecular weight is 1480 g/mol. The van der Waals surface area contributed by atoms with Gasteiger partial charge in [-0.3, -0.25) is 37.3 Å². The zero-order valence-corrected chi connectivity index (χ0v) is 66.3. The first-order valence-corrected chi connectivity index (χ1v) is 43.5. The SMILES string of the molecule is CC/C=C\C/C=C\C/C=C\C/C=C\C/C=C\CCCCCC(=O)OCC(COP(=O)(O)OCC(O)COP(=O)(O)OCC(COC(=O)CCCCCCC/C=C\C/C=C\CCCCC)OC(=O)CCCCCCCCCCCCCCCCC)OC(=O)CCCCCCC/C=C\CCCCCC. The van der Waals surface area contributed by atoms with Gasteiger partial charge in [-0.25, -0.2) is 9.13 Å². The predicted octanol–water partition coefficient (Wildman–Crippen LogP) is 23.6. The van der Waals surface area contributed by atoms with Crippen molar-refractivity contribution in [3.05, 3.63) is 97.2 Å². The molecule has 0 saturated carbocycles. The minimum Gasteiger partial charge on any atom is -0.462 e. The number of ether oxygens (including phenoxy) is 4. The van der Waals surface area contributed by atoms with Crippen LogP contribution in [0.1, 0.15) is 349 Å². The Hall–Kier alpha value is -4.02. The number of rotatable bonds is 76. The summed E-state index contributed by atoms with van der Waals surface area (Å²) in [7, 11) is -9.96. The van der Waals surface area contributed by atoms with Gasteiger partial charge < -0.3 is 33.8 Å². The number of hydrogen-bond donors (Lipinski definition) is 3. The van der Waals surface area contributed by atoms with Crippen LogP contribution in [0.3, 0.4) is 0 Å². The maximum absolute atomic E-state index is 13.1. The Morgan fingerprint density at radius 1 is 0.284 bits per heavy atom. The standard InChI is InChI=1S/C83H146O17P2/c1-5-9-13-17-21-25-29-33-36-37-38-39-42-45-48-52-56-60-64-68-81(86)94-73-78(99-82(87)69-65-61-57-53-49-43-32-28-24-20-16-12-8-4)75-97-101(89,90)95-71-77(84)72-96-102(91,92)98-76-79(100-83(88)70-66-62-58-54-50-46-41-35-31-27-23-19-15-11-7-3)74-93-80(85)67-63-59-55-51-47-44-40-34-30-26-22-18-14-10-6-2/h9,13,21-22,25-26,28,32-34,36,38-40,45,48,77-79,84H,5-8,10-12,14-20,23-24,27,29-31,35,37,41-44,46-47,49-76H2,1-4H3,(H,89,90)(H,91,92)/b13-9-,25-21-,26-22-,32-28-,36-33-,39-38-,40-34-,48-45-. The summed E-state index contributed by atoms with van der Waals surface area (Å²) < 4.78 is 68.6. The maximum Gasteiger partial charge on any atom is 0.472 e. The van der Waals surface area contributed by atoms with Gasteiger partial charge in [-0.2, -0.15) is 0 Å².